The van der Waals surface area contributed by atoms with Crippen molar-refractivity contribution < 1.29 is 14.3 Å². The van der Waals surface area contributed by atoms with E-state index in [0.717, 1.165) is 41.2 Å². The number of ether oxygens (including phenoxy) is 2. The van der Waals surface area contributed by atoms with Crippen molar-refractivity contribution in [1.29, 1.82) is 0 Å². The largest absolute Gasteiger partial charge is 0.496 e. The van der Waals surface area contributed by atoms with E-state index in [1.54, 1.807) is 31.3 Å². The molecule has 1 heterocycles. The van der Waals surface area contributed by atoms with Crippen LogP contribution < -0.4 is 14.8 Å². The summed E-state index contributed by atoms with van der Waals surface area (Å²) in [5.41, 5.74) is 3.22. The first-order valence-electron chi connectivity index (χ1n) is 10.6. The summed E-state index contributed by atoms with van der Waals surface area (Å²) in [5.74, 6) is 1.98. The summed E-state index contributed by atoms with van der Waals surface area (Å²) in [6.07, 6.45) is 5.29. The van der Waals surface area contributed by atoms with E-state index in [1.165, 1.54) is 0 Å². The van der Waals surface area contributed by atoms with Gasteiger partial charge in [-0.3, -0.25) is 9.36 Å². The molecule has 1 N–H and O–H groups in total. The SMILES string of the molecule is COc1cccc(OC)c1-c1ccc(-n2cncc2C(=O)NC(C)CCC(C)C)cc1. The van der Waals surface area contributed by atoms with Gasteiger partial charge in [-0.15, -0.1) is 0 Å². The summed E-state index contributed by atoms with van der Waals surface area (Å²) in [6, 6.07) is 13.7. The molecular weight excluding hydrogens is 390 g/mol. The van der Waals surface area contributed by atoms with Crippen LogP contribution in [0.15, 0.2) is 55.0 Å². The standard InChI is InChI=1S/C25H31N3O3/c1-17(2)9-10-18(3)27-25(29)21-15-26-16-28(21)20-13-11-19(12-14-20)24-22(30-4)7-6-8-23(24)31-5/h6-8,11-18H,9-10H2,1-5H3,(H,27,29). The predicted molar refractivity (Wildman–Crippen MR) is 123 cm³/mol. The Morgan fingerprint density at radius 3 is 2.23 bits per heavy atom. The van der Waals surface area contributed by atoms with Crippen molar-refractivity contribution in [2.45, 2.75) is 39.7 Å². The van der Waals surface area contributed by atoms with Crippen LogP contribution in [-0.2, 0) is 0 Å². The number of aromatic nitrogens is 2. The van der Waals surface area contributed by atoms with Crippen LogP contribution in [0.5, 0.6) is 11.5 Å². The van der Waals surface area contributed by atoms with Crippen LogP contribution in [0.25, 0.3) is 16.8 Å². The smallest absolute Gasteiger partial charge is 0.270 e. The molecule has 3 rings (SSSR count). The van der Waals surface area contributed by atoms with E-state index < -0.39 is 0 Å². The van der Waals surface area contributed by atoms with Gasteiger partial charge in [0.25, 0.3) is 5.91 Å². The van der Waals surface area contributed by atoms with E-state index >= 15 is 0 Å². The third kappa shape index (κ3) is 5.26. The second-order valence-corrected chi connectivity index (χ2v) is 8.08. The Hall–Kier alpha value is -3.28. The maximum atomic E-state index is 12.8. The molecule has 1 amide bonds. The molecule has 3 aromatic rings. The number of rotatable bonds is 9. The van der Waals surface area contributed by atoms with Crippen molar-refractivity contribution >= 4 is 5.91 Å². The van der Waals surface area contributed by atoms with Crippen molar-refractivity contribution in [3.8, 4) is 28.3 Å². The van der Waals surface area contributed by atoms with Gasteiger partial charge in [-0.1, -0.05) is 32.0 Å². The predicted octanol–water partition coefficient (Wildman–Crippen LogP) is 5.11. The number of amides is 1. The Morgan fingerprint density at radius 1 is 1.00 bits per heavy atom. The molecule has 1 unspecified atom stereocenters. The van der Waals surface area contributed by atoms with E-state index in [9.17, 15) is 4.79 Å². The van der Waals surface area contributed by atoms with Gasteiger partial charge in [0.2, 0.25) is 0 Å². The second kappa shape index (κ2) is 10.2. The van der Waals surface area contributed by atoms with Crippen molar-refractivity contribution in [1.82, 2.24) is 14.9 Å². The molecule has 2 aromatic carbocycles. The number of benzene rings is 2. The molecule has 0 aliphatic carbocycles. The van der Waals surface area contributed by atoms with E-state index in [0.29, 0.717) is 11.6 Å². The number of hydrogen-bond donors (Lipinski definition) is 1. The van der Waals surface area contributed by atoms with Gasteiger partial charge < -0.3 is 14.8 Å². The Bertz CT molecular complexity index is 987. The number of carbonyl (C=O) groups excluding carboxylic acids is 1. The highest BCUT2D eigenvalue weighted by Gasteiger charge is 2.17. The summed E-state index contributed by atoms with van der Waals surface area (Å²) in [6.45, 7) is 6.41. The number of hydrogen-bond acceptors (Lipinski definition) is 4. The average Bonchev–Trinajstić information content (AvgIpc) is 3.27. The maximum Gasteiger partial charge on any atom is 0.270 e. The van der Waals surface area contributed by atoms with Gasteiger partial charge in [0.15, 0.2) is 0 Å². The number of nitrogens with zero attached hydrogens (tertiary/aromatic N) is 2. The van der Waals surface area contributed by atoms with Crippen LogP contribution in [0.4, 0.5) is 0 Å². The lowest BCUT2D eigenvalue weighted by atomic mass is 10.0. The van der Waals surface area contributed by atoms with Crippen LogP contribution in [-0.4, -0.2) is 35.7 Å². The molecule has 0 saturated heterocycles. The monoisotopic (exact) mass is 421 g/mol. The molecule has 0 bridgehead atoms. The number of methoxy groups -OCH3 is 2. The second-order valence-electron chi connectivity index (χ2n) is 8.08. The highest BCUT2D eigenvalue weighted by molar-refractivity contribution is 5.93. The van der Waals surface area contributed by atoms with Gasteiger partial charge in [0.05, 0.1) is 32.3 Å². The van der Waals surface area contributed by atoms with Crippen molar-refractivity contribution in [3.05, 3.63) is 60.7 Å². The third-order valence-corrected chi connectivity index (χ3v) is 5.29. The zero-order valence-corrected chi connectivity index (χ0v) is 18.9. The maximum absolute atomic E-state index is 12.8. The van der Waals surface area contributed by atoms with Crippen molar-refractivity contribution in [2.24, 2.45) is 5.92 Å². The molecule has 6 nitrogen and oxygen atoms in total. The van der Waals surface area contributed by atoms with Gasteiger partial charge in [0.1, 0.15) is 17.2 Å². The summed E-state index contributed by atoms with van der Waals surface area (Å²) in [7, 11) is 3.29. The fraction of sp³-hybridized carbons (Fsp3) is 0.360. The van der Waals surface area contributed by atoms with Crippen LogP contribution in [0.2, 0.25) is 0 Å². The fourth-order valence-corrected chi connectivity index (χ4v) is 3.55. The molecule has 1 aromatic heterocycles. The molecule has 0 fully saturated rings. The molecule has 31 heavy (non-hydrogen) atoms. The molecular formula is C25H31N3O3. The first-order chi connectivity index (χ1) is 14.9. The molecule has 164 valence electrons. The first kappa shape index (κ1) is 22.4. The normalized spacial score (nSPS) is 11.9. The fourth-order valence-electron chi connectivity index (χ4n) is 3.55. The Balaban J connectivity index is 1.83. The molecule has 0 aliphatic heterocycles. The molecule has 6 heteroatoms. The topological polar surface area (TPSA) is 65.4 Å². The number of carbonyl (C=O) groups is 1. The molecule has 0 aliphatic rings. The zero-order chi connectivity index (χ0) is 22.4. The molecule has 1 atom stereocenters. The minimum absolute atomic E-state index is 0.110. The highest BCUT2D eigenvalue weighted by atomic mass is 16.5. The minimum atomic E-state index is -0.121. The Morgan fingerprint density at radius 2 is 1.65 bits per heavy atom. The number of imidazole rings is 1. The number of nitrogens with one attached hydrogen (secondary N) is 1. The van der Waals surface area contributed by atoms with E-state index in [1.807, 2.05) is 49.4 Å². The summed E-state index contributed by atoms with van der Waals surface area (Å²) >= 11 is 0. The van der Waals surface area contributed by atoms with E-state index in [-0.39, 0.29) is 11.9 Å². The van der Waals surface area contributed by atoms with Crippen LogP contribution in [0.1, 0.15) is 44.1 Å². The van der Waals surface area contributed by atoms with Gasteiger partial charge in [-0.2, -0.15) is 0 Å². The highest BCUT2D eigenvalue weighted by Crippen LogP contribution is 2.38. The lowest BCUT2D eigenvalue weighted by molar-refractivity contribution is 0.0930. The molecule has 0 spiro atoms. The summed E-state index contributed by atoms with van der Waals surface area (Å²) in [4.78, 5) is 17.0. The van der Waals surface area contributed by atoms with Crippen LogP contribution >= 0.6 is 0 Å². The van der Waals surface area contributed by atoms with Crippen LogP contribution in [0, 0.1) is 5.92 Å². The molecule has 0 radical (unpaired) electrons. The van der Waals surface area contributed by atoms with Gasteiger partial charge in [-0.25, -0.2) is 4.98 Å². The quantitative estimate of drug-likeness (QED) is 0.521. The first-order valence-corrected chi connectivity index (χ1v) is 10.6. The Labute approximate surface area is 184 Å². The van der Waals surface area contributed by atoms with Gasteiger partial charge in [0, 0.05) is 11.7 Å². The van der Waals surface area contributed by atoms with E-state index in [2.05, 4.69) is 24.1 Å². The average molecular weight is 422 g/mol. The summed E-state index contributed by atoms with van der Waals surface area (Å²) in [5, 5.41) is 3.08. The van der Waals surface area contributed by atoms with Gasteiger partial charge in [-0.05, 0) is 55.5 Å². The zero-order valence-electron chi connectivity index (χ0n) is 18.9. The van der Waals surface area contributed by atoms with Crippen LogP contribution in [0.3, 0.4) is 0 Å². The lowest BCUT2D eigenvalue weighted by Gasteiger charge is -2.16. The minimum Gasteiger partial charge on any atom is -0.496 e. The molecule has 0 saturated carbocycles. The van der Waals surface area contributed by atoms with Crippen molar-refractivity contribution in [2.75, 3.05) is 14.2 Å². The third-order valence-electron chi connectivity index (χ3n) is 5.29. The van der Waals surface area contributed by atoms with Gasteiger partial charge >= 0.3 is 0 Å². The lowest BCUT2D eigenvalue weighted by Crippen LogP contribution is -2.33. The van der Waals surface area contributed by atoms with E-state index in [4.69, 9.17) is 9.47 Å². The van der Waals surface area contributed by atoms with Crippen molar-refractivity contribution in [3.63, 3.8) is 0 Å². The Kier molecular flexibility index (Phi) is 7.34. The summed E-state index contributed by atoms with van der Waals surface area (Å²) < 4.78 is 12.8.